The zero-order valence-electron chi connectivity index (χ0n) is 17.0. The van der Waals surface area contributed by atoms with Crippen molar-refractivity contribution in [2.75, 3.05) is 19.0 Å². The molecule has 0 aliphatic heterocycles. The van der Waals surface area contributed by atoms with Crippen molar-refractivity contribution in [1.29, 1.82) is 0 Å². The van der Waals surface area contributed by atoms with E-state index in [4.69, 9.17) is 9.47 Å². The molecule has 1 amide bonds. The molecule has 0 spiro atoms. The van der Waals surface area contributed by atoms with Gasteiger partial charge in [-0.25, -0.2) is 0 Å². The number of rotatable bonds is 8. The van der Waals surface area contributed by atoms with Crippen LogP contribution in [-0.2, 0) is 10.2 Å². The van der Waals surface area contributed by atoms with E-state index in [1.165, 1.54) is 24.8 Å². The highest BCUT2D eigenvalue weighted by molar-refractivity contribution is 9.10. The lowest BCUT2D eigenvalue weighted by Crippen LogP contribution is -2.14. The van der Waals surface area contributed by atoms with Gasteiger partial charge in [-0.1, -0.05) is 26.8 Å². The molecule has 0 bridgehead atoms. The Balaban J connectivity index is 1.87. The first-order valence-electron chi connectivity index (χ1n) is 9.17. The second-order valence-electron chi connectivity index (χ2n) is 7.54. The van der Waals surface area contributed by atoms with Crippen molar-refractivity contribution in [2.24, 2.45) is 0 Å². The lowest BCUT2D eigenvalue weighted by Gasteiger charge is -2.20. The van der Waals surface area contributed by atoms with Gasteiger partial charge in [0.15, 0.2) is 0 Å². The summed E-state index contributed by atoms with van der Waals surface area (Å²) in [7, 11) is 1.42. The van der Waals surface area contributed by atoms with Crippen molar-refractivity contribution in [3.8, 4) is 11.5 Å². The summed E-state index contributed by atoms with van der Waals surface area (Å²) in [4.78, 5) is 22.8. The molecule has 0 heterocycles. The highest BCUT2D eigenvalue weighted by Gasteiger charge is 2.18. The van der Waals surface area contributed by atoms with Gasteiger partial charge in [-0.2, -0.15) is 0 Å². The van der Waals surface area contributed by atoms with Crippen LogP contribution in [0.3, 0.4) is 0 Å². The molecular formula is C21H25BrN2O5. The van der Waals surface area contributed by atoms with Crippen molar-refractivity contribution in [3.63, 3.8) is 0 Å². The second kappa shape index (κ2) is 9.73. The largest absolute Gasteiger partial charge is 0.496 e. The van der Waals surface area contributed by atoms with E-state index in [9.17, 15) is 14.9 Å². The van der Waals surface area contributed by atoms with Crippen LogP contribution in [0.25, 0.3) is 0 Å². The minimum absolute atomic E-state index is 0.0448. The minimum atomic E-state index is -0.556. The normalized spacial score (nSPS) is 11.1. The molecule has 2 aromatic rings. The zero-order valence-corrected chi connectivity index (χ0v) is 18.5. The van der Waals surface area contributed by atoms with E-state index in [0.717, 1.165) is 4.47 Å². The predicted octanol–water partition coefficient (Wildman–Crippen LogP) is 5.46. The maximum Gasteiger partial charge on any atom is 0.296 e. The summed E-state index contributed by atoms with van der Waals surface area (Å²) in [5.41, 5.74) is 1.17. The first-order valence-corrected chi connectivity index (χ1v) is 9.96. The highest BCUT2D eigenvalue weighted by Crippen LogP contribution is 2.32. The Kier molecular flexibility index (Phi) is 7.61. The van der Waals surface area contributed by atoms with Crippen LogP contribution in [0.2, 0.25) is 0 Å². The van der Waals surface area contributed by atoms with Crippen LogP contribution >= 0.6 is 15.9 Å². The van der Waals surface area contributed by atoms with Crippen molar-refractivity contribution < 1.29 is 19.2 Å². The standard InChI is InChI=1S/C21H25BrN2O5/c1-21(2,3)14-7-10-19(16(22)12-14)29-11-5-6-20(25)23-17-9-8-15(28-4)13-18(17)24(26)27/h7-10,12-13H,5-6,11H2,1-4H3,(H,23,25). The van der Waals surface area contributed by atoms with Crippen LogP contribution in [0, 0.1) is 10.1 Å². The minimum Gasteiger partial charge on any atom is -0.496 e. The second-order valence-corrected chi connectivity index (χ2v) is 8.39. The van der Waals surface area contributed by atoms with Gasteiger partial charge in [-0.05, 0) is 57.6 Å². The van der Waals surface area contributed by atoms with Gasteiger partial charge in [0.1, 0.15) is 17.2 Å². The molecular weight excluding hydrogens is 440 g/mol. The smallest absolute Gasteiger partial charge is 0.296 e. The van der Waals surface area contributed by atoms with E-state index >= 15 is 0 Å². The first kappa shape index (κ1) is 22.7. The molecule has 0 atom stereocenters. The van der Waals surface area contributed by atoms with Gasteiger partial charge in [0.05, 0.1) is 29.2 Å². The van der Waals surface area contributed by atoms with Gasteiger partial charge in [0.25, 0.3) is 5.69 Å². The van der Waals surface area contributed by atoms with Crippen LogP contribution in [-0.4, -0.2) is 24.5 Å². The number of carbonyl (C=O) groups excluding carboxylic acids is 1. The third-order valence-corrected chi connectivity index (χ3v) is 4.90. The Morgan fingerprint density at radius 3 is 2.52 bits per heavy atom. The third kappa shape index (κ3) is 6.45. The molecule has 1 N–H and O–H groups in total. The van der Waals surface area contributed by atoms with E-state index in [-0.39, 0.29) is 29.1 Å². The Morgan fingerprint density at radius 2 is 1.93 bits per heavy atom. The molecule has 0 aliphatic rings. The van der Waals surface area contributed by atoms with E-state index in [2.05, 4.69) is 42.0 Å². The number of hydrogen-bond donors (Lipinski definition) is 1. The number of ether oxygens (including phenoxy) is 2. The van der Waals surface area contributed by atoms with Crippen LogP contribution < -0.4 is 14.8 Å². The fourth-order valence-electron chi connectivity index (χ4n) is 2.61. The molecule has 7 nitrogen and oxygen atoms in total. The Hall–Kier alpha value is -2.61. The maximum absolute atomic E-state index is 12.1. The first-order chi connectivity index (χ1) is 13.6. The molecule has 0 aromatic heterocycles. The van der Waals surface area contributed by atoms with Crippen molar-refractivity contribution >= 4 is 33.2 Å². The highest BCUT2D eigenvalue weighted by atomic mass is 79.9. The summed E-state index contributed by atoms with van der Waals surface area (Å²) in [6.45, 7) is 6.77. The average molecular weight is 465 g/mol. The van der Waals surface area contributed by atoms with E-state index in [1.807, 2.05) is 18.2 Å². The molecule has 0 fully saturated rings. The number of halogens is 1. The summed E-state index contributed by atoms with van der Waals surface area (Å²) < 4.78 is 11.6. The zero-order chi connectivity index (χ0) is 21.6. The molecule has 0 saturated carbocycles. The molecule has 2 aromatic carbocycles. The number of nitrogens with one attached hydrogen (secondary N) is 1. The lowest BCUT2D eigenvalue weighted by atomic mass is 9.87. The number of methoxy groups -OCH3 is 1. The third-order valence-electron chi connectivity index (χ3n) is 4.28. The van der Waals surface area contributed by atoms with Crippen LogP contribution in [0.5, 0.6) is 11.5 Å². The Bertz CT molecular complexity index is 893. The molecule has 156 valence electrons. The molecule has 0 radical (unpaired) electrons. The monoisotopic (exact) mass is 464 g/mol. The van der Waals surface area contributed by atoms with Crippen molar-refractivity contribution in [3.05, 3.63) is 56.5 Å². The molecule has 0 saturated heterocycles. The van der Waals surface area contributed by atoms with E-state index < -0.39 is 4.92 Å². The molecule has 8 heteroatoms. The van der Waals surface area contributed by atoms with E-state index in [0.29, 0.717) is 24.5 Å². The van der Waals surface area contributed by atoms with Gasteiger partial charge in [-0.15, -0.1) is 0 Å². The number of hydrogen-bond acceptors (Lipinski definition) is 5. The fourth-order valence-corrected chi connectivity index (χ4v) is 3.10. The van der Waals surface area contributed by atoms with Gasteiger partial charge in [-0.3, -0.25) is 14.9 Å². The number of nitrogens with zero attached hydrogens (tertiary/aromatic N) is 1. The van der Waals surface area contributed by atoms with Gasteiger partial charge >= 0.3 is 0 Å². The van der Waals surface area contributed by atoms with Gasteiger partial charge in [0.2, 0.25) is 5.91 Å². The molecule has 29 heavy (non-hydrogen) atoms. The summed E-state index contributed by atoms with van der Waals surface area (Å²) >= 11 is 3.52. The summed E-state index contributed by atoms with van der Waals surface area (Å²) in [5, 5.41) is 13.8. The quantitative estimate of drug-likeness (QED) is 0.318. The number of amides is 1. The SMILES string of the molecule is COc1ccc(NC(=O)CCCOc2ccc(C(C)(C)C)cc2Br)c([N+](=O)[O-])c1. The van der Waals surface area contributed by atoms with Crippen molar-refractivity contribution in [2.45, 2.75) is 39.0 Å². The number of nitro groups is 1. The lowest BCUT2D eigenvalue weighted by molar-refractivity contribution is -0.384. The summed E-state index contributed by atoms with van der Waals surface area (Å²) in [5.74, 6) is 0.749. The van der Waals surface area contributed by atoms with E-state index in [1.54, 1.807) is 6.07 Å². The Morgan fingerprint density at radius 1 is 1.21 bits per heavy atom. The molecule has 0 unspecified atom stereocenters. The fraction of sp³-hybridized carbons (Fsp3) is 0.381. The molecule has 0 aliphatic carbocycles. The van der Waals surface area contributed by atoms with Gasteiger partial charge in [0, 0.05) is 6.42 Å². The van der Waals surface area contributed by atoms with Crippen LogP contribution in [0.4, 0.5) is 11.4 Å². The molecule has 2 rings (SSSR count). The summed E-state index contributed by atoms with van der Waals surface area (Å²) in [6, 6.07) is 10.3. The predicted molar refractivity (Wildman–Crippen MR) is 116 cm³/mol. The van der Waals surface area contributed by atoms with Crippen LogP contribution in [0.15, 0.2) is 40.9 Å². The number of anilines is 1. The average Bonchev–Trinajstić information content (AvgIpc) is 2.65. The van der Waals surface area contributed by atoms with Crippen molar-refractivity contribution in [1.82, 2.24) is 0 Å². The number of nitro benzene ring substituents is 1. The topological polar surface area (TPSA) is 90.7 Å². The number of benzene rings is 2. The number of carbonyl (C=O) groups is 1. The maximum atomic E-state index is 12.1. The Labute approximate surface area is 178 Å². The van der Waals surface area contributed by atoms with Gasteiger partial charge < -0.3 is 14.8 Å². The van der Waals surface area contributed by atoms with Crippen LogP contribution in [0.1, 0.15) is 39.2 Å². The summed E-state index contributed by atoms with van der Waals surface area (Å²) in [6.07, 6.45) is 0.657.